The van der Waals surface area contributed by atoms with Crippen LogP contribution in [0, 0.1) is 6.92 Å². The van der Waals surface area contributed by atoms with Crippen LogP contribution < -0.4 is 0 Å². The standard InChI is InChI=1S/C14H15N5.C2H6/c1-3-18-11(2)14(9-17-18)12-7-16-19(10-12)13-5-4-6-15-8-13;1-2/h4-10H,3H2,1-2H3;1-2H3. The van der Waals surface area contributed by atoms with Gasteiger partial charge in [-0.05, 0) is 26.0 Å². The molecule has 0 saturated heterocycles. The van der Waals surface area contributed by atoms with Crippen molar-refractivity contribution in [3.05, 3.63) is 48.8 Å². The second kappa shape index (κ2) is 6.83. The topological polar surface area (TPSA) is 48.5 Å². The first-order valence-electron chi connectivity index (χ1n) is 7.27. The number of nitrogens with zero attached hydrogens (tertiary/aromatic N) is 5. The van der Waals surface area contributed by atoms with Gasteiger partial charge < -0.3 is 0 Å². The molecular weight excluding hydrogens is 262 g/mol. The van der Waals surface area contributed by atoms with Crippen molar-refractivity contribution in [2.45, 2.75) is 34.2 Å². The molecule has 0 aromatic carbocycles. The van der Waals surface area contributed by atoms with Gasteiger partial charge in [-0.1, -0.05) is 13.8 Å². The van der Waals surface area contributed by atoms with Gasteiger partial charge in [-0.15, -0.1) is 0 Å². The number of hydrogen-bond acceptors (Lipinski definition) is 3. The molecule has 0 N–H and O–H groups in total. The summed E-state index contributed by atoms with van der Waals surface area (Å²) in [7, 11) is 0. The van der Waals surface area contributed by atoms with E-state index in [2.05, 4.69) is 29.0 Å². The first-order chi connectivity index (χ1) is 10.3. The molecule has 0 saturated carbocycles. The highest BCUT2D eigenvalue weighted by Crippen LogP contribution is 2.23. The van der Waals surface area contributed by atoms with Gasteiger partial charge in [0.05, 0.1) is 24.3 Å². The summed E-state index contributed by atoms with van der Waals surface area (Å²) in [5.41, 5.74) is 4.31. The monoisotopic (exact) mass is 283 g/mol. The van der Waals surface area contributed by atoms with E-state index in [1.165, 1.54) is 0 Å². The Labute approximate surface area is 125 Å². The van der Waals surface area contributed by atoms with Crippen molar-refractivity contribution in [3.63, 3.8) is 0 Å². The molecule has 0 aliphatic rings. The molecule has 0 fully saturated rings. The lowest BCUT2D eigenvalue weighted by Gasteiger charge is -2.00. The Morgan fingerprint density at radius 1 is 1.10 bits per heavy atom. The molecule has 0 amide bonds. The maximum Gasteiger partial charge on any atom is 0.0828 e. The highest BCUT2D eigenvalue weighted by molar-refractivity contribution is 5.64. The Hall–Kier alpha value is -2.43. The van der Waals surface area contributed by atoms with Gasteiger partial charge in [-0.25, -0.2) is 4.68 Å². The zero-order valence-electron chi connectivity index (χ0n) is 13.0. The average molecular weight is 283 g/mol. The molecule has 0 aliphatic carbocycles. The SMILES string of the molecule is CC.CCn1ncc(-c2cnn(-c3cccnc3)c2)c1C. The fourth-order valence-electron chi connectivity index (χ4n) is 2.14. The van der Waals surface area contributed by atoms with Gasteiger partial charge in [0.15, 0.2) is 0 Å². The van der Waals surface area contributed by atoms with Gasteiger partial charge in [-0.3, -0.25) is 9.67 Å². The molecule has 5 heteroatoms. The first kappa shape index (κ1) is 15.0. The lowest BCUT2D eigenvalue weighted by molar-refractivity contribution is 0.640. The van der Waals surface area contributed by atoms with Crippen molar-refractivity contribution < 1.29 is 0 Å². The van der Waals surface area contributed by atoms with Crippen LogP contribution >= 0.6 is 0 Å². The van der Waals surface area contributed by atoms with Crippen molar-refractivity contribution in [1.82, 2.24) is 24.5 Å². The van der Waals surface area contributed by atoms with Crippen LogP contribution in [0.3, 0.4) is 0 Å². The van der Waals surface area contributed by atoms with Crippen LogP contribution in [0.1, 0.15) is 26.5 Å². The molecule has 0 unspecified atom stereocenters. The Bertz CT molecular complexity index is 682. The highest BCUT2D eigenvalue weighted by Gasteiger charge is 2.10. The lowest BCUT2D eigenvalue weighted by atomic mass is 10.1. The third kappa shape index (κ3) is 3.02. The second-order valence-corrected chi connectivity index (χ2v) is 4.34. The average Bonchev–Trinajstić information content (AvgIpc) is 3.16. The van der Waals surface area contributed by atoms with Gasteiger partial charge in [0.2, 0.25) is 0 Å². The molecule has 3 heterocycles. The lowest BCUT2D eigenvalue weighted by Crippen LogP contribution is -1.98. The van der Waals surface area contributed by atoms with Gasteiger partial charge in [0, 0.05) is 35.8 Å². The summed E-state index contributed by atoms with van der Waals surface area (Å²) < 4.78 is 3.81. The quantitative estimate of drug-likeness (QED) is 0.739. The molecule has 0 bridgehead atoms. The van der Waals surface area contributed by atoms with Crippen molar-refractivity contribution in [2.24, 2.45) is 0 Å². The largest absolute Gasteiger partial charge is 0.270 e. The van der Waals surface area contributed by atoms with E-state index in [1.54, 1.807) is 12.4 Å². The van der Waals surface area contributed by atoms with Crippen LogP contribution in [0.15, 0.2) is 43.1 Å². The molecule has 0 radical (unpaired) electrons. The second-order valence-electron chi connectivity index (χ2n) is 4.34. The van der Waals surface area contributed by atoms with Crippen LogP contribution in [0.4, 0.5) is 0 Å². The molecule has 0 spiro atoms. The van der Waals surface area contributed by atoms with E-state index in [0.29, 0.717) is 0 Å². The van der Waals surface area contributed by atoms with Crippen molar-refractivity contribution in [1.29, 1.82) is 0 Å². The van der Waals surface area contributed by atoms with Crippen molar-refractivity contribution in [2.75, 3.05) is 0 Å². The fraction of sp³-hybridized carbons (Fsp3) is 0.312. The summed E-state index contributed by atoms with van der Waals surface area (Å²) in [6.07, 6.45) is 9.30. The Morgan fingerprint density at radius 2 is 1.90 bits per heavy atom. The summed E-state index contributed by atoms with van der Waals surface area (Å²) in [6, 6.07) is 3.88. The summed E-state index contributed by atoms with van der Waals surface area (Å²) >= 11 is 0. The van der Waals surface area contributed by atoms with Gasteiger partial charge in [-0.2, -0.15) is 10.2 Å². The van der Waals surface area contributed by atoms with E-state index < -0.39 is 0 Å². The van der Waals surface area contributed by atoms with Crippen LogP contribution in [-0.2, 0) is 6.54 Å². The van der Waals surface area contributed by atoms with Gasteiger partial charge >= 0.3 is 0 Å². The molecule has 110 valence electrons. The smallest absolute Gasteiger partial charge is 0.0828 e. The van der Waals surface area contributed by atoms with E-state index in [4.69, 9.17) is 0 Å². The van der Waals surface area contributed by atoms with E-state index in [1.807, 2.05) is 53.9 Å². The summed E-state index contributed by atoms with van der Waals surface area (Å²) in [6.45, 7) is 9.04. The maximum atomic E-state index is 4.38. The zero-order chi connectivity index (χ0) is 15.2. The molecule has 3 aromatic heterocycles. The van der Waals surface area contributed by atoms with Crippen LogP contribution in [0.5, 0.6) is 0 Å². The fourth-order valence-corrected chi connectivity index (χ4v) is 2.14. The van der Waals surface area contributed by atoms with E-state index in [9.17, 15) is 0 Å². The van der Waals surface area contributed by atoms with Crippen molar-refractivity contribution in [3.8, 4) is 16.8 Å². The minimum atomic E-state index is 0.878. The molecule has 0 atom stereocenters. The predicted octanol–water partition coefficient (Wildman–Crippen LogP) is 3.49. The number of rotatable bonds is 3. The number of aryl methyl sites for hydroxylation is 1. The van der Waals surface area contributed by atoms with Gasteiger partial charge in [0.1, 0.15) is 0 Å². The summed E-state index contributed by atoms with van der Waals surface area (Å²) in [4.78, 5) is 4.10. The normalized spacial score (nSPS) is 10.1. The molecule has 21 heavy (non-hydrogen) atoms. The van der Waals surface area contributed by atoms with Crippen LogP contribution in [-0.4, -0.2) is 24.5 Å². The van der Waals surface area contributed by atoms with Crippen LogP contribution in [0.2, 0.25) is 0 Å². The minimum Gasteiger partial charge on any atom is -0.270 e. The number of pyridine rings is 1. The Morgan fingerprint density at radius 3 is 2.52 bits per heavy atom. The minimum absolute atomic E-state index is 0.878. The van der Waals surface area contributed by atoms with Crippen LogP contribution in [0.25, 0.3) is 16.8 Å². The summed E-state index contributed by atoms with van der Waals surface area (Å²) in [5.74, 6) is 0. The molecule has 3 aromatic rings. The highest BCUT2D eigenvalue weighted by atomic mass is 15.3. The Kier molecular flexibility index (Phi) is 4.87. The third-order valence-electron chi connectivity index (χ3n) is 3.21. The predicted molar refractivity (Wildman–Crippen MR) is 84.3 cm³/mol. The number of hydrogen-bond donors (Lipinski definition) is 0. The molecule has 0 aliphatic heterocycles. The van der Waals surface area contributed by atoms with E-state index >= 15 is 0 Å². The molecule has 5 nitrogen and oxygen atoms in total. The first-order valence-corrected chi connectivity index (χ1v) is 7.27. The van der Waals surface area contributed by atoms with E-state index in [0.717, 1.165) is 29.1 Å². The van der Waals surface area contributed by atoms with E-state index in [-0.39, 0.29) is 0 Å². The Balaban J connectivity index is 0.000000774. The molecule has 3 rings (SSSR count). The molecular formula is C16H21N5. The third-order valence-corrected chi connectivity index (χ3v) is 3.21. The summed E-state index contributed by atoms with van der Waals surface area (Å²) in [5, 5.41) is 8.74. The maximum absolute atomic E-state index is 4.38. The zero-order valence-corrected chi connectivity index (χ0v) is 13.0. The van der Waals surface area contributed by atoms with Gasteiger partial charge in [0.25, 0.3) is 0 Å². The number of aromatic nitrogens is 5. The van der Waals surface area contributed by atoms with Crippen molar-refractivity contribution >= 4 is 0 Å².